The van der Waals surface area contributed by atoms with Crippen molar-refractivity contribution in [2.75, 3.05) is 38.2 Å². The molecule has 20 heavy (non-hydrogen) atoms. The molecule has 2 atom stereocenters. The number of aromatic nitrogens is 2. The third-order valence-electron chi connectivity index (χ3n) is 4.24. The molecule has 0 bridgehead atoms. The molecular formula is C14H21FN4O. The Kier molecular flexibility index (Phi) is 4.12. The zero-order chi connectivity index (χ0) is 13.9. The van der Waals surface area contributed by atoms with Gasteiger partial charge in [0, 0.05) is 26.2 Å². The monoisotopic (exact) mass is 280 g/mol. The minimum atomic E-state index is -0.396. The molecule has 110 valence electrons. The molecule has 0 N–H and O–H groups in total. The lowest BCUT2D eigenvalue weighted by Crippen LogP contribution is -2.40. The molecular weight excluding hydrogens is 259 g/mol. The van der Waals surface area contributed by atoms with E-state index in [2.05, 4.69) is 19.8 Å². The zero-order valence-corrected chi connectivity index (χ0v) is 11.8. The second-order valence-corrected chi connectivity index (χ2v) is 5.61. The minimum Gasteiger partial charge on any atom is -0.380 e. The molecule has 0 saturated carbocycles. The number of rotatable bonds is 4. The highest BCUT2D eigenvalue weighted by atomic mass is 19.1. The van der Waals surface area contributed by atoms with Crippen LogP contribution in [0.1, 0.15) is 19.3 Å². The highest BCUT2D eigenvalue weighted by molar-refractivity contribution is 5.34. The van der Waals surface area contributed by atoms with E-state index in [1.165, 1.54) is 38.3 Å². The second-order valence-electron chi connectivity index (χ2n) is 5.61. The van der Waals surface area contributed by atoms with Crippen LogP contribution in [0.25, 0.3) is 0 Å². The second kappa shape index (κ2) is 6.01. The number of hydrogen-bond donors (Lipinski definition) is 0. The number of halogens is 1. The molecule has 1 aromatic rings. The first-order valence-electron chi connectivity index (χ1n) is 7.25. The summed E-state index contributed by atoms with van der Waals surface area (Å²) >= 11 is 0. The van der Waals surface area contributed by atoms with E-state index in [1.54, 1.807) is 7.11 Å². The van der Waals surface area contributed by atoms with Gasteiger partial charge < -0.3 is 14.5 Å². The summed E-state index contributed by atoms with van der Waals surface area (Å²) in [6.07, 6.45) is 6.22. The smallest absolute Gasteiger partial charge is 0.225 e. The summed E-state index contributed by atoms with van der Waals surface area (Å²) in [6, 6.07) is 0.350. The van der Waals surface area contributed by atoms with Gasteiger partial charge in [0.25, 0.3) is 0 Å². The maximum Gasteiger partial charge on any atom is 0.225 e. The van der Waals surface area contributed by atoms with E-state index in [9.17, 15) is 4.39 Å². The summed E-state index contributed by atoms with van der Waals surface area (Å²) in [6.45, 7) is 4.14. The SMILES string of the molecule is CO[C@H]1C[C@@H](CN2CCCC2)N(c2ncc(F)cn2)C1. The average Bonchev–Trinajstić information content (AvgIpc) is 3.10. The lowest BCUT2D eigenvalue weighted by Gasteiger charge is -2.28. The number of anilines is 1. The van der Waals surface area contributed by atoms with Crippen LogP contribution in [0.5, 0.6) is 0 Å². The van der Waals surface area contributed by atoms with Crippen molar-refractivity contribution in [1.82, 2.24) is 14.9 Å². The molecule has 5 nitrogen and oxygen atoms in total. The average molecular weight is 280 g/mol. The van der Waals surface area contributed by atoms with Crippen LogP contribution in [-0.2, 0) is 4.74 Å². The van der Waals surface area contributed by atoms with E-state index in [4.69, 9.17) is 4.74 Å². The first kappa shape index (κ1) is 13.7. The fourth-order valence-electron chi connectivity index (χ4n) is 3.18. The van der Waals surface area contributed by atoms with E-state index in [1.807, 2.05) is 0 Å². The van der Waals surface area contributed by atoms with Gasteiger partial charge in [0.05, 0.1) is 18.5 Å². The number of methoxy groups -OCH3 is 1. The van der Waals surface area contributed by atoms with Crippen LogP contribution in [0.3, 0.4) is 0 Å². The van der Waals surface area contributed by atoms with Gasteiger partial charge in [-0.2, -0.15) is 0 Å². The van der Waals surface area contributed by atoms with E-state index in [-0.39, 0.29) is 6.10 Å². The minimum absolute atomic E-state index is 0.205. The van der Waals surface area contributed by atoms with Crippen LogP contribution >= 0.6 is 0 Å². The Bertz CT molecular complexity index is 435. The summed E-state index contributed by atoms with van der Waals surface area (Å²) in [5.74, 6) is 0.211. The molecule has 0 amide bonds. The first-order chi connectivity index (χ1) is 9.76. The van der Waals surface area contributed by atoms with Crippen LogP contribution in [0.2, 0.25) is 0 Å². The molecule has 2 fully saturated rings. The van der Waals surface area contributed by atoms with Crippen molar-refractivity contribution >= 4 is 5.95 Å². The number of hydrogen-bond acceptors (Lipinski definition) is 5. The Morgan fingerprint density at radius 1 is 1.30 bits per heavy atom. The third-order valence-corrected chi connectivity index (χ3v) is 4.24. The van der Waals surface area contributed by atoms with E-state index >= 15 is 0 Å². The number of likely N-dealkylation sites (tertiary alicyclic amines) is 1. The highest BCUT2D eigenvalue weighted by Crippen LogP contribution is 2.25. The van der Waals surface area contributed by atoms with Crippen molar-refractivity contribution in [2.24, 2.45) is 0 Å². The molecule has 0 unspecified atom stereocenters. The Labute approximate surface area is 118 Å². The van der Waals surface area contributed by atoms with Crippen LogP contribution in [-0.4, -0.2) is 60.3 Å². The van der Waals surface area contributed by atoms with Crippen molar-refractivity contribution in [3.63, 3.8) is 0 Å². The van der Waals surface area contributed by atoms with Crippen LogP contribution < -0.4 is 4.90 Å². The van der Waals surface area contributed by atoms with E-state index < -0.39 is 5.82 Å². The predicted octanol–water partition coefficient (Wildman–Crippen LogP) is 1.31. The molecule has 2 saturated heterocycles. The van der Waals surface area contributed by atoms with Crippen LogP contribution in [0.4, 0.5) is 10.3 Å². The van der Waals surface area contributed by atoms with Gasteiger partial charge in [-0.05, 0) is 32.4 Å². The predicted molar refractivity (Wildman–Crippen MR) is 74.2 cm³/mol. The summed E-state index contributed by atoms with van der Waals surface area (Å²) in [5.41, 5.74) is 0. The molecule has 1 aromatic heterocycles. The van der Waals surface area contributed by atoms with Gasteiger partial charge in [-0.1, -0.05) is 0 Å². The summed E-state index contributed by atoms with van der Waals surface area (Å²) in [5, 5.41) is 0. The van der Waals surface area contributed by atoms with Gasteiger partial charge in [0.2, 0.25) is 5.95 Å². The normalized spacial score (nSPS) is 27.4. The van der Waals surface area contributed by atoms with E-state index in [0.29, 0.717) is 12.0 Å². The molecule has 2 aliphatic rings. The summed E-state index contributed by atoms with van der Waals surface area (Å²) in [7, 11) is 1.74. The Hall–Kier alpha value is -1.27. The lowest BCUT2D eigenvalue weighted by molar-refractivity contribution is 0.116. The Balaban J connectivity index is 1.73. The van der Waals surface area contributed by atoms with Crippen molar-refractivity contribution in [2.45, 2.75) is 31.4 Å². The zero-order valence-electron chi connectivity index (χ0n) is 11.8. The Morgan fingerprint density at radius 3 is 2.65 bits per heavy atom. The number of nitrogens with zero attached hydrogens (tertiary/aromatic N) is 4. The van der Waals surface area contributed by atoms with Gasteiger partial charge in [-0.25, -0.2) is 14.4 Å². The molecule has 0 aliphatic carbocycles. The topological polar surface area (TPSA) is 41.5 Å². The lowest BCUT2D eigenvalue weighted by atomic mass is 10.2. The van der Waals surface area contributed by atoms with Crippen molar-refractivity contribution < 1.29 is 9.13 Å². The largest absolute Gasteiger partial charge is 0.380 e. The molecule has 3 heterocycles. The van der Waals surface area contributed by atoms with Crippen molar-refractivity contribution in [1.29, 1.82) is 0 Å². The first-order valence-corrected chi connectivity index (χ1v) is 7.25. The third kappa shape index (κ3) is 2.91. The van der Waals surface area contributed by atoms with Crippen molar-refractivity contribution in [3.8, 4) is 0 Å². The molecule has 0 radical (unpaired) electrons. The van der Waals surface area contributed by atoms with Gasteiger partial charge >= 0.3 is 0 Å². The standard InChI is InChI=1S/C14H21FN4O/c1-20-13-6-12(9-18-4-2-3-5-18)19(10-13)14-16-7-11(15)8-17-14/h7-8,12-13H,2-6,9-10H2,1H3/t12-,13-/m0/s1. The van der Waals surface area contributed by atoms with Gasteiger partial charge in [-0.15, -0.1) is 0 Å². The van der Waals surface area contributed by atoms with E-state index in [0.717, 1.165) is 19.5 Å². The summed E-state index contributed by atoms with van der Waals surface area (Å²) < 4.78 is 18.5. The van der Waals surface area contributed by atoms with Crippen LogP contribution in [0.15, 0.2) is 12.4 Å². The van der Waals surface area contributed by atoms with Gasteiger partial charge in [-0.3, -0.25) is 0 Å². The quantitative estimate of drug-likeness (QED) is 0.831. The van der Waals surface area contributed by atoms with Gasteiger partial charge in [0.1, 0.15) is 0 Å². The molecule has 3 rings (SSSR count). The fraction of sp³-hybridized carbons (Fsp3) is 0.714. The van der Waals surface area contributed by atoms with Gasteiger partial charge in [0.15, 0.2) is 5.82 Å². The Morgan fingerprint density at radius 2 is 2.00 bits per heavy atom. The highest BCUT2D eigenvalue weighted by Gasteiger charge is 2.35. The maximum atomic E-state index is 13.0. The van der Waals surface area contributed by atoms with Crippen LogP contribution in [0, 0.1) is 5.82 Å². The van der Waals surface area contributed by atoms with Crippen molar-refractivity contribution in [3.05, 3.63) is 18.2 Å². The number of ether oxygens (including phenoxy) is 1. The molecule has 6 heteroatoms. The maximum absolute atomic E-state index is 13.0. The fourth-order valence-corrected chi connectivity index (χ4v) is 3.18. The molecule has 0 aromatic carbocycles. The summed E-state index contributed by atoms with van der Waals surface area (Å²) in [4.78, 5) is 12.9. The molecule has 0 spiro atoms. The molecule has 2 aliphatic heterocycles.